The molecule has 4 nitrogen and oxygen atoms in total. The number of thiophene rings is 1. The average molecular weight is 496 g/mol. The van der Waals surface area contributed by atoms with E-state index in [1.807, 2.05) is 54.6 Å². The number of nitrogens with zero attached hydrogens (tertiary/aromatic N) is 1. The molecule has 0 bridgehead atoms. The second-order valence-electron chi connectivity index (χ2n) is 9.17. The molecular formula is C31H29NO3S. The molecule has 1 aliphatic rings. The van der Waals surface area contributed by atoms with Gasteiger partial charge in [0, 0.05) is 38.2 Å². The first kappa shape index (κ1) is 24.1. The maximum atomic E-state index is 13.8. The van der Waals surface area contributed by atoms with Gasteiger partial charge in [-0.1, -0.05) is 18.4 Å². The average Bonchev–Trinajstić information content (AvgIpc) is 3.30. The molecule has 0 spiro atoms. The summed E-state index contributed by atoms with van der Waals surface area (Å²) >= 11 is 1.54. The number of phenols is 1. The van der Waals surface area contributed by atoms with Crippen molar-refractivity contribution in [1.29, 1.82) is 0 Å². The van der Waals surface area contributed by atoms with Gasteiger partial charge in [0.25, 0.3) is 0 Å². The molecule has 0 aliphatic carbocycles. The molecule has 36 heavy (non-hydrogen) atoms. The second kappa shape index (κ2) is 11.0. The highest BCUT2D eigenvalue weighted by Gasteiger charge is 2.22. The lowest BCUT2D eigenvalue weighted by Crippen LogP contribution is -2.31. The van der Waals surface area contributed by atoms with Crippen molar-refractivity contribution >= 4 is 27.2 Å². The van der Waals surface area contributed by atoms with Gasteiger partial charge in [-0.3, -0.25) is 4.79 Å². The molecule has 1 fully saturated rings. The Labute approximate surface area is 216 Å². The Hall–Kier alpha value is -3.59. The van der Waals surface area contributed by atoms with E-state index in [-0.39, 0.29) is 11.5 Å². The summed E-state index contributed by atoms with van der Waals surface area (Å²) in [6.45, 7) is 4.14. The molecule has 5 rings (SSSR count). The van der Waals surface area contributed by atoms with Crippen molar-refractivity contribution in [1.82, 2.24) is 4.90 Å². The van der Waals surface area contributed by atoms with Crippen LogP contribution in [0.3, 0.4) is 0 Å². The number of aromatic hydroxyl groups is 1. The van der Waals surface area contributed by atoms with Crippen molar-refractivity contribution < 1.29 is 14.6 Å². The Bertz CT molecular complexity index is 1390. The number of ether oxygens (including phenoxy) is 1. The molecule has 0 amide bonds. The van der Waals surface area contributed by atoms with Crippen LogP contribution in [0.5, 0.6) is 11.5 Å². The highest BCUT2D eigenvalue weighted by molar-refractivity contribution is 7.22. The van der Waals surface area contributed by atoms with Crippen LogP contribution in [0.15, 0.2) is 66.7 Å². The molecule has 4 aromatic rings. The minimum absolute atomic E-state index is 0.0468. The van der Waals surface area contributed by atoms with Gasteiger partial charge in [-0.15, -0.1) is 17.8 Å². The number of phenolic OH excluding ortho intramolecular Hbond substituents is 1. The topological polar surface area (TPSA) is 49.8 Å². The Morgan fingerprint density at radius 2 is 1.75 bits per heavy atom. The number of piperidine rings is 1. The van der Waals surface area contributed by atoms with Gasteiger partial charge in [-0.2, -0.15) is 0 Å². The molecular weight excluding hydrogens is 466 g/mol. The fourth-order valence-electron chi connectivity index (χ4n) is 4.74. The molecule has 3 aromatic carbocycles. The first-order valence-corrected chi connectivity index (χ1v) is 13.3. The second-order valence-corrected chi connectivity index (χ2v) is 10.2. The quantitative estimate of drug-likeness (QED) is 0.167. The summed E-state index contributed by atoms with van der Waals surface area (Å²) in [5.41, 5.74) is 2.92. The number of likely N-dealkylation sites (tertiary alicyclic amines) is 1. The van der Waals surface area contributed by atoms with Gasteiger partial charge in [0.1, 0.15) is 11.5 Å². The van der Waals surface area contributed by atoms with E-state index in [1.165, 1.54) is 43.7 Å². The number of terminal acetylenes is 1. The summed E-state index contributed by atoms with van der Waals surface area (Å²) in [4.78, 5) is 17.1. The smallest absolute Gasteiger partial charge is 0.195 e. The first-order valence-electron chi connectivity index (χ1n) is 12.4. The number of fused-ring (bicyclic) bond motifs is 1. The molecule has 1 N–H and O–H groups in total. The van der Waals surface area contributed by atoms with Gasteiger partial charge in [-0.25, -0.2) is 0 Å². The third-order valence-corrected chi connectivity index (χ3v) is 7.87. The van der Waals surface area contributed by atoms with Crippen molar-refractivity contribution in [2.45, 2.75) is 25.7 Å². The summed E-state index contributed by atoms with van der Waals surface area (Å²) in [5, 5.41) is 10.6. The SMILES string of the molecule is C#Cc1ccc2c(C(=O)c3ccc(OCCCN4CCCCC4)cc3)c(-c3ccc(O)cc3)sc2c1. The predicted molar refractivity (Wildman–Crippen MR) is 147 cm³/mol. The van der Waals surface area contributed by atoms with E-state index in [2.05, 4.69) is 10.8 Å². The zero-order valence-corrected chi connectivity index (χ0v) is 21.0. The van der Waals surface area contributed by atoms with E-state index in [0.717, 1.165) is 44.8 Å². The van der Waals surface area contributed by atoms with Gasteiger partial charge in [-0.05, 0) is 98.6 Å². The zero-order chi connectivity index (χ0) is 24.9. The van der Waals surface area contributed by atoms with Crippen LogP contribution in [0.4, 0.5) is 0 Å². The van der Waals surface area contributed by atoms with Crippen LogP contribution >= 0.6 is 11.3 Å². The molecule has 0 unspecified atom stereocenters. The lowest BCUT2D eigenvalue weighted by atomic mass is 9.97. The molecule has 0 saturated carbocycles. The van der Waals surface area contributed by atoms with Crippen LogP contribution in [0.25, 0.3) is 20.5 Å². The molecule has 0 atom stereocenters. The lowest BCUT2D eigenvalue weighted by Gasteiger charge is -2.26. The van der Waals surface area contributed by atoms with Crippen molar-refractivity contribution in [2.75, 3.05) is 26.2 Å². The standard InChI is InChI=1S/C31H29NO3S/c1-2-22-7-16-27-28(21-22)36-31(24-8-12-25(33)13-9-24)29(27)30(34)23-10-14-26(15-11-23)35-20-6-19-32-17-4-3-5-18-32/h1,7-16,21,33H,3-6,17-20H2. The summed E-state index contributed by atoms with van der Waals surface area (Å²) in [7, 11) is 0. The molecule has 2 heterocycles. The maximum Gasteiger partial charge on any atom is 0.195 e. The van der Waals surface area contributed by atoms with Crippen LogP contribution in [-0.2, 0) is 0 Å². The number of ketones is 1. The van der Waals surface area contributed by atoms with Crippen LogP contribution in [0.1, 0.15) is 47.2 Å². The Kier molecular flexibility index (Phi) is 7.36. The Morgan fingerprint density at radius 3 is 2.47 bits per heavy atom. The number of carbonyl (C=O) groups is 1. The van der Waals surface area contributed by atoms with E-state index in [9.17, 15) is 9.90 Å². The van der Waals surface area contributed by atoms with Gasteiger partial charge >= 0.3 is 0 Å². The Morgan fingerprint density at radius 1 is 1.00 bits per heavy atom. The van der Waals surface area contributed by atoms with Gasteiger partial charge in [0.2, 0.25) is 0 Å². The molecule has 1 aromatic heterocycles. The fraction of sp³-hybridized carbons (Fsp3) is 0.258. The van der Waals surface area contributed by atoms with Crippen LogP contribution < -0.4 is 4.74 Å². The lowest BCUT2D eigenvalue weighted by molar-refractivity contribution is 0.104. The van der Waals surface area contributed by atoms with Crippen molar-refractivity contribution in [3.8, 4) is 34.3 Å². The molecule has 1 saturated heterocycles. The number of carbonyl (C=O) groups excluding carboxylic acids is 1. The van der Waals surface area contributed by atoms with Gasteiger partial charge in [0.05, 0.1) is 6.61 Å². The van der Waals surface area contributed by atoms with Gasteiger partial charge < -0.3 is 14.7 Å². The van der Waals surface area contributed by atoms with Crippen molar-refractivity contribution in [2.24, 2.45) is 0 Å². The fourth-order valence-corrected chi connectivity index (χ4v) is 5.98. The first-order chi connectivity index (χ1) is 17.6. The van der Waals surface area contributed by atoms with Crippen molar-refractivity contribution in [3.05, 3.63) is 83.4 Å². The largest absolute Gasteiger partial charge is 0.508 e. The minimum Gasteiger partial charge on any atom is -0.508 e. The summed E-state index contributed by atoms with van der Waals surface area (Å²) < 4.78 is 6.91. The summed E-state index contributed by atoms with van der Waals surface area (Å²) in [5.74, 6) is 3.59. The predicted octanol–water partition coefficient (Wildman–Crippen LogP) is 6.74. The zero-order valence-electron chi connectivity index (χ0n) is 20.2. The van der Waals surface area contributed by atoms with Gasteiger partial charge in [0.15, 0.2) is 5.78 Å². The molecule has 5 heteroatoms. The maximum absolute atomic E-state index is 13.8. The normalized spacial score (nSPS) is 14.0. The number of hydrogen-bond acceptors (Lipinski definition) is 5. The number of hydrogen-bond donors (Lipinski definition) is 1. The third kappa shape index (κ3) is 5.31. The summed E-state index contributed by atoms with van der Waals surface area (Å²) in [6, 6.07) is 20.1. The van der Waals surface area contributed by atoms with Crippen LogP contribution in [0, 0.1) is 12.3 Å². The highest BCUT2D eigenvalue weighted by atomic mass is 32.1. The van der Waals surface area contributed by atoms with Crippen LogP contribution in [-0.4, -0.2) is 42.0 Å². The summed E-state index contributed by atoms with van der Waals surface area (Å²) in [6.07, 6.45) is 10.6. The van der Waals surface area contributed by atoms with E-state index >= 15 is 0 Å². The van der Waals surface area contributed by atoms with E-state index in [0.29, 0.717) is 17.7 Å². The third-order valence-electron chi connectivity index (χ3n) is 6.67. The van der Waals surface area contributed by atoms with Crippen molar-refractivity contribution in [3.63, 3.8) is 0 Å². The number of benzene rings is 3. The minimum atomic E-state index is -0.0468. The Balaban J connectivity index is 1.35. The molecule has 182 valence electrons. The molecule has 1 aliphatic heterocycles. The number of rotatable bonds is 8. The highest BCUT2D eigenvalue weighted by Crippen LogP contribution is 2.40. The van der Waals surface area contributed by atoms with E-state index in [1.54, 1.807) is 12.1 Å². The monoisotopic (exact) mass is 495 g/mol. The molecule has 0 radical (unpaired) electrons. The van der Waals surface area contributed by atoms with E-state index < -0.39 is 0 Å². The van der Waals surface area contributed by atoms with Crippen LogP contribution in [0.2, 0.25) is 0 Å². The van der Waals surface area contributed by atoms with E-state index in [4.69, 9.17) is 11.2 Å².